The van der Waals surface area contributed by atoms with Gasteiger partial charge in [0.15, 0.2) is 0 Å². The molecule has 0 aliphatic heterocycles. The predicted octanol–water partition coefficient (Wildman–Crippen LogP) is 3.54. The zero-order chi connectivity index (χ0) is 15.0. The average molecular weight is 295 g/mol. The molecule has 1 amide bonds. The topological polar surface area (TPSA) is 66.4 Å². The number of aliphatic carboxylic acids is 1. The van der Waals surface area contributed by atoms with Crippen molar-refractivity contribution in [2.24, 2.45) is 0 Å². The fourth-order valence-electron chi connectivity index (χ4n) is 1.79. The molecular weight excluding hydrogens is 274 g/mol. The molecule has 1 heterocycles. The van der Waals surface area contributed by atoms with Gasteiger partial charge in [-0.25, -0.2) is 4.79 Å². The first-order valence-corrected chi connectivity index (χ1v) is 7.71. The number of rotatable bonds is 8. The molecule has 0 aliphatic rings. The Kier molecular flexibility index (Phi) is 7.01. The Bertz CT molecular complexity index is 479. The van der Waals surface area contributed by atoms with Crippen LogP contribution in [0.1, 0.15) is 54.8 Å². The summed E-state index contributed by atoms with van der Waals surface area (Å²) in [6, 6.07) is 1.87. The van der Waals surface area contributed by atoms with Crippen LogP contribution < -0.4 is 5.32 Å². The lowest BCUT2D eigenvalue weighted by molar-refractivity contribution is -0.131. The number of nitrogens with one attached hydrogen (secondary N) is 1. The maximum Gasteiger partial charge on any atom is 0.328 e. The fourth-order valence-corrected chi connectivity index (χ4v) is 2.57. The van der Waals surface area contributed by atoms with Gasteiger partial charge in [0.1, 0.15) is 0 Å². The van der Waals surface area contributed by atoms with Crippen LogP contribution in [-0.2, 0) is 4.79 Å². The molecule has 2 N–H and O–H groups in total. The maximum atomic E-state index is 12.0. The Morgan fingerprint density at radius 1 is 1.45 bits per heavy atom. The SMILES string of the molecule is CCCCCC(C)NC(=O)c1csc(C=CC(=O)O)c1. The van der Waals surface area contributed by atoms with E-state index in [9.17, 15) is 9.59 Å². The van der Waals surface area contributed by atoms with Crippen LogP contribution in [0, 0.1) is 0 Å². The van der Waals surface area contributed by atoms with E-state index in [1.165, 1.54) is 30.3 Å². The van der Waals surface area contributed by atoms with E-state index >= 15 is 0 Å². The lowest BCUT2D eigenvalue weighted by atomic mass is 10.1. The predicted molar refractivity (Wildman–Crippen MR) is 82.1 cm³/mol. The molecule has 110 valence electrons. The van der Waals surface area contributed by atoms with Crippen molar-refractivity contribution in [3.63, 3.8) is 0 Å². The second-order valence-electron chi connectivity index (χ2n) is 4.78. The molecule has 0 aliphatic carbocycles. The van der Waals surface area contributed by atoms with Gasteiger partial charge in [-0.3, -0.25) is 4.79 Å². The van der Waals surface area contributed by atoms with Crippen molar-refractivity contribution in [1.29, 1.82) is 0 Å². The number of hydrogen-bond donors (Lipinski definition) is 2. The second kappa shape index (κ2) is 8.53. The van der Waals surface area contributed by atoms with Crippen LogP contribution in [0.25, 0.3) is 6.08 Å². The molecule has 0 bridgehead atoms. The zero-order valence-electron chi connectivity index (χ0n) is 11.9. The lowest BCUT2D eigenvalue weighted by Crippen LogP contribution is -2.32. The summed E-state index contributed by atoms with van der Waals surface area (Å²) in [7, 11) is 0. The molecule has 1 atom stereocenters. The summed E-state index contributed by atoms with van der Waals surface area (Å²) < 4.78 is 0. The van der Waals surface area contributed by atoms with Crippen molar-refractivity contribution in [3.05, 3.63) is 28.0 Å². The van der Waals surface area contributed by atoms with Crippen LogP contribution in [0.2, 0.25) is 0 Å². The van der Waals surface area contributed by atoms with E-state index in [4.69, 9.17) is 5.11 Å². The Balaban J connectivity index is 2.49. The minimum absolute atomic E-state index is 0.0970. The zero-order valence-corrected chi connectivity index (χ0v) is 12.7. The number of carbonyl (C=O) groups is 2. The Labute approximate surface area is 123 Å². The number of hydrogen-bond acceptors (Lipinski definition) is 3. The van der Waals surface area contributed by atoms with Gasteiger partial charge in [-0.15, -0.1) is 11.3 Å². The highest BCUT2D eigenvalue weighted by Crippen LogP contribution is 2.16. The van der Waals surface area contributed by atoms with Gasteiger partial charge in [-0.2, -0.15) is 0 Å². The van der Waals surface area contributed by atoms with Crippen molar-refractivity contribution >= 4 is 29.3 Å². The molecule has 0 saturated carbocycles. The molecule has 0 aromatic carbocycles. The number of thiophene rings is 1. The first-order valence-electron chi connectivity index (χ1n) is 6.83. The van der Waals surface area contributed by atoms with Crippen molar-refractivity contribution in [2.45, 2.75) is 45.6 Å². The van der Waals surface area contributed by atoms with Crippen molar-refractivity contribution in [2.75, 3.05) is 0 Å². The Hall–Kier alpha value is -1.62. The summed E-state index contributed by atoms with van der Waals surface area (Å²) in [4.78, 5) is 23.2. The van der Waals surface area contributed by atoms with Gasteiger partial charge in [0.25, 0.3) is 5.91 Å². The molecule has 0 spiro atoms. The molecule has 0 saturated heterocycles. The first-order chi connectivity index (χ1) is 9.52. The van der Waals surface area contributed by atoms with Gasteiger partial charge in [0.05, 0.1) is 5.56 Å². The van der Waals surface area contributed by atoms with E-state index in [1.54, 1.807) is 11.4 Å². The number of carboxylic acid groups (broad SMARTS) is 1. The Morgan fingerprint density at radius 3 is 2.85 bits per heavy atom. The minimum Gasteiger partial charge on any atom is -0.478 e. The number of carbonyl (C=O) groups excluding carboxylic acids is 1. The minimum atomic E-state index is -0.992. The van der Waals surface area contributed by atoms with Crippen molar-refractivity contribution in [3.8, 4) is 0 Å². The van der Waals surface area contributed by atoms with Crippen LogP contribution in [0.4, 0.5) is 0 Å². The number of amides is 1. The van der Waals surface area contributed by atoms with Gasteiger partial charge in [0, 0.05) is 22.4 Å². The molecule has 1 unspecified atom stereocenters. The number of unbranched alkanes of at least 4 members (excludes halogenated alkanes) is 2. The van der Waals surface area contributed by atoms with E-state index in [2.05, 4.69) is 12.2 Å². The van der Waals surface area contributed by atoms with E-state index < -0.39 is 5.97 Å². The molecule has 0 radical (unpaired) electrons. The summed E-state index contributed by atoms with van der Waals surface area (Å²) in [5.41, 5.74) is 0.586. The standard InChI is InChI=1S/C15H21NO3S/c1-3-4-5-6-11(2)16-15(19)12-9-13(20-10-12)7-8-14(17)18/h7-11H,3-6H2,1-2H3,(H,16,19)(H,17,18). The van der Waals surface area contributed by atoms with Crippen LogP contribution >= 0.6 is 11.3 Å². The highest BCUT2D eigenvalue weighted by molar-refractivity contribution is 7.11. The van der Waals surface area contributed by atoms with Crippen LogP contribution in [0.15, 0.2) is 17.5 Å². The summed E-state index contributed by atoms with van der Waals surface area (Å²) in [5.74, 6) is -1.09. The average Bonchev–Trinajstić information content (AvgIpc) is 2.85. The van der Waals surface area contributed by atoms with Crippen molar-refractivity contribution in [1.82, 2.24) is 5.32 Å². The largest absolute Gasteiger partial charge is 0.478 e. The van der Waals surface area contributed by atoms with Crippen LogP contribution in [0.3, 0.4) is 0 Å². The van der Waals surface area contributed by atoms with E-state index in [0.717, 1.165) is 23.8 Å². The third kappa shape index (κ3) is 6.02. The summed E-state index contributed by atoms with van der Waals surface area (Å²) >= 11 is 1.36. The van der Waals surface area contributed by atoms with E-state index in [1.807, 2.05) is 6.92 Å². The molecule has 5 heteroatoms. The van der Waals surface area contributed by atoms with Crippen molar-refractivity contribution < 1.29 is 14.7 Å². The molecule has 1 rings (SSSR count). The third-order valence-electron chi connectivity index (χ3n) is 2.89. The van der Waals surface area contributed by atoms with Gasteiger partial charge >= 0.3 is 5.97 Å². The molecule has 4 nitrogen and oxygen atoms in total. The molecule has 1 aromatic rings. The summed E-state index contributed by atoms with van der Waals surface area (Å²) in [6.45, 7) is 4.16. The highest BCUT2D eigenvalue weighted by atomic mass is 32.1. The third-order valence-corrected chi connectivity index (χ3v) is 3.79. The molecular formula is C15H21NO3S. The number of carboxylic acids is 1. The van der Waals surface area contributed by atoms with Gasteiger partial charge in [-0.1, -0.05) is 26.2 Å². The maximum absolute atomic E-state index is 12.0. The van der Waals surface area contributed by atoms with Gasteiger partial charge < -0.3 is 10.4 Å². The van der Waals surface area contributed by atoms with E-state index in [-0.39, 0.29) is 11.9 Å². The van der Waals surface area contributed by atoms with E-state index in [0.29, 0.717) is 5.56 Å². The normalized spacial score (nSPS) is 12.5. The van der Waals surface area contributed by atoms with Crippen LogP contribution in [0.5, 0.6) is 0 Å². The second-order valence-corrected chi connectivity index (χ2v) is 5.72. The lowest BCUT2D eigenvalue weighted by Gasteiger charge is -2.12. The molecule has 20 heavy (non-hydrogen) atoms. The molecule has 0 fully saturated rings. The summed E-state index contributed by atoms with van der Waals surface area (Å²) in [5, 5.41) is 13.3. The molecule has 1 aromatic heterocycles. The van der Waals surface area contributed by atoms with Crippen LogP contribution in [-0.4, -0.2) is 23.0 Å². The fraction of sp³-hybridized carbons (Fsp3) is 0.467. The quantitative estimate of drug-likeness (QED) is 0.569. The smallest absolute Gasteiger partial charge is 0.328 e. The Morgan fingerprint density at radius 2 is 2.20 bits per heavy atom. The summed E-state index contributed by atoms with van der Waals surface area (Å²) in [6.07, 6.45) is 7.02. The monoisotopic (exact) mass is 295 g/mol. The van der Waals surface area contributed by atoms with Gasteiger partial charge in [0.2, 0.25) is 0 Å². The van der Waals surface area contributed by atoms with Gasteiger partial charge in [-0.05, 0) is 25.5 Å². The first kappa shape index (κ1) is 16.4. The highest BCUT2D eigenvalue weighted by Gasteiger charge is 2.11.